The molecule has 2 fully saturated rings. The molecule has 1 N–H and O–H groups in total. The van der Waals surface area contributed by atoms with Crippen LogP contribution < -0.4 is 5.32 Å². The molecule has 0 bridgehead atoms. The highest BCUT2D eigenvalue weighted by Gasteiger charge is 2.43. The molecule has 1 aromatic rings. The van der Waals surface area contributed by atoms with E-state index in [-0.39, 0.29) is 24.3 Å². The number of amides is 3. The summed E-state index contributed by atoms with van der Waals surface area (Å²) >= 11 is 0. The fourth-order valence-electron chi connectivity index (χ4n) is 4.05. The molecule has 0 aliphatic carbocycles. The van der Waals surface area contributed by atoms with Crippen molar-refractivity contribution in [2.45, 2.75) is 31.1 Å². The largest absolute Gasteiger partial charge is 0.346 e. The van der Waals surface area contributed by atoms with Gasteiger partial charge in [0.2, 0.25) is 17.7 Å². The van der Waals surface area contributed by atoms with E-state index in [9.17, 15) is 14.4 Å². The van der Waals surface area contributed by atoms with Gasteiger partial charge < -0.3 is 15.1 Å². The second-order valence-corrected chi connectivity index (χ2v) is 7.25. The predicted octanol–water partition coefficient (Wildman–Crippen LogP) is 1.47. The molecule has 2 aliphatic heterocycles. The molecule has 27 heavy (non-hydrogen) atoms. The Kier molecular flexibility index (Phi) is 5.94. The molecule has 2 heterocycles. The van der Waals surface area contributed by atoms with Gasteiger partial charge in [0.1, 0.15) is 0 Å². The van der Waals surface area contributed by atoms with Gasteiger partial charge in [0.05, 0.1) is 12.0 Å². The molecule has 3 amide bonds. The van der Waals surface area contributed by atoms with Gasteiger partial charge in [0, 0.05) is 26.2 Å². The molecule has 0 aromatic heterocycles. The van der Waals surface area contributed by atoms with Gasteiger partial charge in [-0.2, -0.15) is 0 Å². The van der Waals surface area contributed by atoms with Crippen molar-refractivity contribution in [2.24, 2.45) is 0 Å². The first-order valence-corrected chi connectivity index (χ1v) is 9.60. The lowest BCUT2D eigenvalue weighted by molar-refractivity contribution is -0.136. The van der Waals surface area contributed by atoms with Crippen LogP contribution in [-0.2, 0) is 19.8 Å². The molecule has 2 saturated heterocycles. The summed E-state index contributed by atoms with van der Waals surface area (Å²) in [7, 11) is 0. The molecular weight excluding hydrogens is 342 g/mol. The highest BCUT2D eigenvalue weighted by atomic mass is 16.2. The van der Waals surface area contributed by atoms with E-state index in [1.807, 2.05) is 30.3 Å². The van der Waals surface area contributed by atoms with Gasteiger partial charge in [-0.1, -0.05) is 36.9 Å². The number of nitrogens with one attached hydrogen (secondary N) is 1. The SMILES string of the molecule is C=CC(=O)N1CCC(C(=O)NCC(=O)N2CCCC2)(c2ccccc2)CC1. The number of likely N-dealkylation sites (tertiary alicyclic amines) is 2. The quantitative estimate of drug-likeness (QED) is 0.799. The molecule has 0 atom stereocenters. The van der Waals surface area contributed by atoms with Gasteiger partial charge >= 0.3 is 0 Å². The van der Waals surface area contributed by atoms with Crippen LogP contribution in [0.4, 0.5) is 0 Å². The smallest absolute Gasteiger partial charge is 0.245 e. The van der Waals surface area contributed by atoms with Crippen LogP contribution in [0.5, 0.6) is 0 Å². The minimum Gasteiger partial charge on any atom is -0.346 e. The molecule has 144 valence electrons. The Hall–Kier alpha value is -2.63. The average molecular weight is 369 g/mol. The van der Waals surface area contributed by atoms with Crippen LogP contribution in [0, 0.1) is 0 Å². The summed E-state index contributed by atoms with van der Waals surface area (Å²) in [5.74, 6) is -0.267. The van der Waals surface area contributed by atoms with E-state index in [1.54, 1.807) is 9.80 Å². The Balaban J connectivity index is 1.72. The Labute approximate surface area is 160 Å². The van der Waals surface area contributed by atoms with Crippen molar-refractivity contribution in [3.05, 3.63) is 48.6 Å². The molecular formula is C21H27N3O3. The van der Waals surface area contributed by atoms with Crippen molar-refractivity contribution < 1.29 is 14.4 Å². The van der Waals surface area contributed by atoms with E-state index >= 15 is 0 Å². The van der Waals surface area contributed by atoms with Crippen LogP contribution in [0.15, 0.2) is 43.0 Å². The number of rotatable bonds is 5. The Morgan fingerprint density at radius 3 is 2.22 bits per heavy atom. The van der Waals surface area contributed by atoms with E-state index < -0.39 is 5.41 Å². The lowest BCUT2D eigenvalue weighted by Crippen LogP contribution is -2.54. The van der Waals surface area contributed by atoms with Gasteiger partial charge in [-0.05, 0) is 37.3 Å². The highest BCUT2D eigenvalue weighted by molar-refractivity contribution is 5.92. The third-order valence-electron chi connectivity index (χ3n) is 5.72. The third-order valence-corrected chi connectivity index (χ3v) is 5.72. The van der Waals surface area contributed by atoms with E-state index in [0.717, 1.165) is 31.5 Å². The van der Waals surface area contributed by atoms with Gasteiger partial charge in [0.15, 0.2) is 0 Å². The number of hydrogen-bond acceptors (Lipinski definition) is 3. The van der Waals surface area contributed by atoms with E-state index in [0.29, 0.717) is 25.9 Å². The monoisotopic (exact) mass is 369 g/mol. The van der Waals surface area contributed by atoms with Crippen LogP contribution in [-0.4, -0.2) is 60.2 Å². The van der Waals surface area contributed by atoms with Crippen molar-refractivity contribution >= 4 is 17.7 Å². The van der Waals surface area contributed by atoms with Crippen LogP contribution in [0.3, 0.4) is 0 Å². The van der Waals surface area contributed by atoms with Crippen LogP contribution in [0.1, 0.15) is 31.2 Å². The topological polar surface area (TPSA) is 69.7 Å². The number of hydrogen-bond donors (Lipinski definition) is 1. The Morgan fingerprint density at radius 2 is 1.63 bits per heavy atom. The normalized spacial score (nSPS) is 18.8. The van der Waals surface area contributed by atoms with Crippen molar-refractivity contribution in [1.82, 2.24) is 15.1 Å². The zero-order valence-corrected chi connectivity index (χ0v) is 15.7. The van der Waals surface area contributed by atoms with Crippen LogP contribution in [0.2, 0.25) is 0 Å². The first-order chi connectivity index (χ1) is 13.1. The fourth-order valence-corrected chi connectivity index (χ4v) is 4.05. The highest BCUT2D eigenvalue weighted by Crippen LogP contribution is 2.36. The standard InChI is InChI=1S/C21H27N3O3/c1-2-18(25)24-14-10-21(11-15-24,17-8-4-3-5-9-17)20(27)22-16-19(26)23-12-6-7-13-23/h2-5,8-9H,1,6-7,10-16H2,(H,22,27). The number of carbonyl (C=O) groups excluding carboxylic acids is 3. The minimum atomic E-state index is -0.718. The minimum absolute atomic E-state index is 0.0247. The van der Waals surface area contributed by atoms with Gasteiger partial charge in [0.25, 0.3) is 0 Å². The van der Waals surface area contributed by atoms with Crippen LogP contribution >= 0.6 is 0 Å². The maximum absolute atomic E-state index is 13.2. The van der Waals surface area contributed by atoms with Gasteiger partial charge in [-0.3, -0.25) is 14.4 Å². The molecule has 2 aliphatic rings. The second-order valence-electron chi connectivity index (χ2n) is 7.25. The summed E-state index contributed by atoms with van der Waals surface area (Å²) in [6.45, 7) is 6.11. The summed E-state index contributed by atoms with van der Waals surface area (Å²) < 4.78 is 0. The predicted molar refractivity (Wildman–Crippen MR) is 103 cm³/mol. The van der Waals surface area contributed by atoms with Crippen molar-refractivity contribution in [3.63, 3.8) is 0 Å². The lowest BCUT2D eigenvalue weighted by Gasteiger charge is -2.40. The van der Waals surface area contributed by atoms with E-state index in [1.165, 1.54) is 6.08 Å². The molecule has 0 spiro atoms. The molecule has 6 nitrogen and oxygen atoms in total. The molecule has 6 heteroatoms. The van der Waals surface area contributed by atoms with E-state index in [4.69, 9.17) is 0 Å². The molecule has 3 rings (SSSR count). The summed E-state index contributed by atoms with van der Waals surface area (Å²) in [5.41, 5.74) is 0.214. The van der Waals surface area contributed by atoms with E-state index in [2.05, 4.69) is 11.9 Å². The second kappa shape index (κ2) is 8.37. The number of benzene rings is 1. The Bertz CT molecular complexity index is 703. The number of carbonyl (C=O) groups is 3. The van der Waals surface area contributed by atoms with Gasteiger partial charge in [-0.15, -0.1) is 0 Å². The number of nitrogens with zero attached hydrogens (tertiary/aromatic N) is 2. The average Bonchev–Trinajstić information content (AvgIpc) is 3.27. The summed E-state index contributed by atoms with van der Waals surface area (Å²) in [4.78, 5) is 40.9. The lowest BCUT2D eigenvalue weighted by atomic mass is 9.72. The number of piperidine rings is 1. The molecule has 1 aromatic carbocycles. The van der Waals surface area contributed by atoms with Crippen molar-refractivity contribution in [1.29, 1.82) is 0 Å². The van der Waals surface area contributed by atoms with Crippen molar-refractivity contribution in [3.8, 4) is 0 Å². The zero-order valence-electron chi connectivity index (χ0n) is 15.7. The summed E-state index contributed by atoms with van der Waals surface area (Å²) in [6.07, 6.45) is 4.42. The summed E-state index contributed by atoms with van der Waals surface area (Å²) in [5, 5.41) is 2.87. The molecule has 0 saturated carbocycles. The summed E-state index contributed by atoms with van der Waals surface area (Å²) in [6, 6.07) is 9.66. The maximum Gasteiger partial charge on any atom is 0.245 e. The maximum atomic E-state index is 13.2. The first-order valence-electron chi connectivity index (χ1n) is 9.60. The molecule has 0 radical (unpaired) electrons. The Morgan fingerprint density at radius 1 is 1.00 bits per heavy atom. The van der Waals surface area contributed by atoms with Crippen molar-refractivity contribution in [2.75, 3.05) is 32.7 Å². The first kappa shape index (κ1) is 19.1. The molecule has 0 unspecified atom stereocenters. The third kappa shape index (κ3) is 4.04. The van der Waals surface area contributed by atoms with Crippen LogP contribution in [0.25, 0.3) is 0 Å². The van der Waals surface area contributed by atoms with Gasteiger partial charge in [-0.25, -0.2) is 0 Å². The zero-order chi connectivity index (χ0) is 19.3. The fraction of sp³-hybridized carbons (Fsp3) is 0.476.